The van der Waals surface area contributed by atoms with Gasteiger partial charge in [0.2, 0.25) is 10.0 Å². The Balaban J connectivity index is 0.000000170. The van der Waals surface area contributed by atoms with Gasteiger partial charge in [0.25, 0.3) is 0 Å². The van der Waals surface area contributed by atoms with Crippen LogP contribution < -0.4 is 19.3 Å². The number of nitrogens with one attached hydrogen (secondary N) is 3. The number of H-pyrrole nitrogens is 2. The average Bonchev–Trinajstić information content (AvgIpc) is 3.87. The summed E-state index contributed by atoms with van der Waals surface area (Å²) in [5, 5.41) is 1.34. The molecule has 22 heteroatoms. The van der Waals surface area contributed by atoms with E-state index in [1.54, 1.807) is 24.3 Å². The molecule has 0 unspecified atom stereocenters. The van der Waals surface area contributed by atoms with E-state index in [9.17, 15) is 39.2 Å². The van der Waals surface area contributed by atoms with E-state index in [0.717, 1.165) is 97.0 Å². The van der Waals surface area contributed by atoms with Gasteiger partial charge in [0.15, 0.2) is 34.9 Å². The third kappa shape index (κ3) is 10.7. The summed E-state index contributed by atoms with van der Waals surface area (Å²) in [6.45, 7) is 7.50. The molecular formula is C46H44F7N11O3S. The van der Waals surface area contributed by atoms with Crippen molar-refractivity contribution in [3.05, 3.63) is 120 Å². The van der Waals surface area contributed by atoms with Crippen LogP contribution in [0.2, 0.25) is 0 Å². The van der Waals surface area contributed by atoms with Crippen LogP contribution in [-0.2, 0) is 22.9 Å². The summed E-state index contributed by atoms with van der Waals surface area (Å²) < 4.78 is 121. The van der Waals surface area contributed by atoms with Crippen LogP contribution in [0.1, 0.15) is 11.1 Å². The minimum absolute atomic E-state index is 0.310. The van der Waals surface area contributed by atoms with E-state index in [4.69, 9.17) is 0 Å². The first-order valence-electron chi connectivity index (χ1n) is 21.6. The zero-order chi connectivity index (χ0) is 47.7. The molecule has 6 heterocycles. The van der Waals surface area contributed by atoms with Crippen molar-refractivity contribution in [2.45, 2.75) is 19.2 Å². The van der Waals surface area contributed by atoms with Gasteiger partial charge in [-0.2, -0.15) is 0 Å². The van der Waals surface area contributed by atoms with Crippen LogP contribution in [0.4, 0.5) is 48.1 Å². The molecular weight excluding hydrogens is 920 g/mol. The highest BCUT2D eigenvalue weighted by Gasteiger charge is 2.31. The molecule has 8 aromatic rings. The fraction of sp³-hybridized carbons (Fsp3) is 0.304. The summed E-state index contributed by atoms with van der Waals surface area (Å²) >= 11 is 0. The number of aromatic amines is 2. The Morgan fingerprint density at radius 2 is 1.07 bits per heavy atom. The summed E-state index contributed by atoms with van der Waals surface area (Å²) in [4.78, 5) is 33.1. The predicted octanol–water partition coefficient (Wildman–Crippen LogP) is 7.78. The van der Waals surface area contributed by atoms with Crippen LogP contribution in [0.5, 0.6) is 5.75 Å². The van der Waals surface area contributed by atoms with Crippen LogP contribution in [-0.4, -0.2) is 126 Å². The lowest BCUT2D eigenvalue weighted by molar-refractivity contribution is -0.274. The maximum Gasteiger partial charge on any atom is 0.573 e. The number of halogens is 7. The molecule has 10 rings (SSSR count). The lowest BCUT2D eigenvalue weighted by Crippen LogP contribution is -2.47. The van der Waals surface area contributed by atoms with Gasteiger partial charge < -0.3 is 24.5 Å². The van der Waals surface area contributed by atoms with Gasteiger partial charge in [0, 0.05) is 92.9 Å². The number of hydrogen-bond donors (Lipinski definition) is 3. The first kappa shape index (κ1) is 46.3. The molecule has 2 aliphatic heterocycles. The molecule has 0 bridgehead atoms. The first-order valence-corrected chi connectivity index (χ1v) is 23.5. The van der Waals surface area contributed by atoms with Gasteiger partial charge >= 0.3 is 6.36 Å². The second kappa shape index (κ2) is 19.1. The molecule has 356 valence electrons. The summed E-state index contributed by atoms with van der Waals surface area (Å²) in [5.41, 5.74) is 6.20. The molecule has 0 atom stereocenters. The normalized spacial score (nSPS) is 15.4. The molecule has 0 amide bonds. The molecule has 2 fully saturated rings. The van der Waals surface area contributed by atoms with Gasteiger partial charge in [-0.05, 0) is 84.6 Å². The van der Waals surface area contributed by atoms with Crippen molar-refractivity contribution in [1.82, 2.24) is 39.7 Å². The summed E-state index contributed by atoms with van der Waals surface area (Å²) in [5.74, 6) is -2.16. The number of ether oxygens (including phenoxy) is 1. The molecule has 2 saturated heterocycles. The smallest absolute Gasteiger partial charge is 0.406 e. The molecule has 2 aliphatic rings. The molecule has 0 aliphatic carbocycles. The molecule has 14 nitrogen and oxygen atoms in total. The van der Waals surface area contributed by atoms with Crippen LogP contribution >= 0.6 is 0 Å². The minimum Gasteiger partial charge on any atom is -0.406 e. The Morgan fingerprint density at radius 3 is 1.53 bits per heavy atom. The number of piperazine rings is 2. The topological polar surface area (TPSA) is 151 Å². The van der Waals surface area contributed by atoms with Gasteiger partial charge in [0.05, 0.1) is 6.26 Å². The molecule has 68 heavy (non-hydrogen) atoms. The van der Waals surface area contributed by atoms with Crippen molar-refractivity contribution in [3.63, 3.8) is 0 Å². The van der Waals surface area contributed by atoms with Gasteiger partial charge in [-0.25, -0.2) is 45.9 Å². The Hall–Kier alpha value is -6.78. The number of nitrogens with zero attached hydrogens (tertiary/aromatic N) is 8. The van der Waals surface area contributed by atoms with E-state index in [1.165, 1.54) is 49.1 Å². The largest absolute Gasteiger partial charge is 0.573 e. The number of rotatable bonds is 11. The maximum absolute atomic E-state index is 13.4. The van der Waals surface area contributed by atoms with E-state index >= 15 is 0 Å². The quantitative estimate of drug-likeness (QED) is 0.109. The third-order valence-electron chi connectivity index (χ3n) is 12.0. The van der Waals surface area contributed by atoms with Crippen molar-refractivity contribution in [2.75, 3.05) is 86.2 Å². The Labute approximate surface area is 384 Å². The fourth-order valence-corrected chi connectivity index (χ4v) is 9.18. The Kier molecular flexibility index (Phi) is 13.0. The van der Waals surface area contributed by atoms with Gasteiger partial charge in [0.1, 0.15) is 40.5 Å². The molecule has 4 aromatic carbocycles. The van der Waals surface area contributed by atoms with Crippen LogP contribution in [0.25, 0.3) is 43.9 Å². The zero-order valence-electron chi connectivity index (χ0n) is 36.4. The van der Waals surface area contributed by atoms with E-state index < -0.39 is 39.7 Å². The molecule has 0 spiro atoms. The molecule has 0 radical (unpaired) electrons. The summed E-state index contributed by atoms with van der Waals surface area (Å²) in [6.07, 6.45) is 0.531. The number of hydrogen-bond acceptors (Lipinski definition) is 11. The highest BCUT2D eigenvalue weighted by molar-refractivity contribution is 7.92. The van der Waals surface area contributed by atoms with E-state index in [1.807, 2.05) is 6.07 Å². The van der Waals surface area contributed by atoms with Gasteiger partial charge in [-0.3, -0.25) is 14.5 Å². The van der Waals surface area contributed by atoms with Crippen molar-refractivity contribution < 1.29 is 43.9 Å². The van der Waals surface area contributed by atoms with Crippen LogP contribution in [0.15, 0.2) is 85.5 Å². The van der Waals surface area contributed by atoms with Crippen molar-refractivity contribution in [2.24, 2.45) is 0 Å². The number of aromatic nitrogens is 6. The number of anilines is 3. The van der Waals surface area contributed by atoms with Gasteiger partial charge in [-0.1, -0.05) is 12.1 Å². The van der Waals surface area contributed by atoms with E-state index in [-0.39, 0.29) is 5.75 Å². The van der Waals surface area contributed by atoms with E-state index in [0.29, 0.717) is 65.9 Å². The summed E-state index contributed by atoms with van der Waals surface area (Å²) in [6, 6.07) is 17.4. The highest BCUT2D eigenvalue weighted by atomic mass is 32.2. The monoisotopic (exact) mass is 963 g/mol. The second-order valence-electron chi connectivity index (χ2n) is 16.6. The van der Waals surface area contributed by atoms with Crippen LogP contribution in [0.3, 0.4) is 0 Å². The molecule has 3 N–H and O–H groups in total. The first-order chi connectivity index (χ1) is 32.5. The SMILES string of the molecule is CS(=O)(=O)Nc1ccc2[nH]c3c(N4CCN(CCc5ccc(F)c(F)c5)CC4)ncnc3c2c1.Fc1ccc(CCN2CCN(c3ncnc4c3[nH]c3ccc(OC(F)(F)F)cc34)CC2)cc1F. The van der Waals surface area contributed by atoms with Crippen LogP contribution in [0, 0.1) is 23.3 Å². The van der Waals surface area contributed by atoms with Crippen molar-refractivity contribution in [1.29, 1.82) is 0 Å². The molecule has 0 saturated carbocycles. The van der Waals surface area contributed by atoms with E-state index in [2.05, 4.69) is 59.0 Å². The predicted molar refractivity (Wildman–Crippen MR) is 245 cm³/mol. The molecule has 4 aromatic heterocycles. The Morgan fingerprint density at radius 1 is 0.603 bits per heavy atom. The number of fused-ring (bicyclic) bond motifs is 6. The summed E-state index contributed by atoms with van der Waals surface area (Å²) in [7, 11) is -3.38. The second-order valence-corrected chi connectivity index (χ2v) is 18.4. The minimum atomic E-state index is -4.77. The average molecular weight is 964 g/mol. The lowest BCUT2D eigenvalue weighted by atomic mass is 10.1. The zero-order valence-corrected chi connectivity index (χ0v) is 37.2. The third-order valence-corrected chi connectivity index (χ3v) is 12.6. The number of benzene rings is 4. The number of sulfonamides is 1. The van der Waals surface area contributed by atoms with Crippen molar-refractivity contribution >= 4 is 71.2 Å². The standard InChI is InChI=1S/C23H20F5N5O.C23H24F2N6O2S/c24-17-3-1-14(11-18(17)25)5-6-32-7-9-33(10-8-32)22-21-20(29-13-30-22)16-12-15(34-23(26,27)28)2-4-19(16)31-21;1-34(32,33)29-16-3-5-20-17(13-16)21-22(28-20)23(27-14-26-21)31-10-8-30(9-11-31)7-6-15-2-4-18(24)19(25)12-15/h1-4,11-13,31H,5-10H2;2-5,12-14,28-29H,6-11H2,1H3. The lowest BCUT2D eigenvalue weighted by Gasteiger charge is -2.35. The van der Waals surface area contributed by atoms with Crippen molar-refractivity contribution in [3.8, 4) is 5.75 Å². The Bertz CT molecular complexity index is 3230. The fourth-order valence-electron chi connectivity index (χ4n) is 8.62. The van der Waals surface area contributed by atoms with Gasteiger partial charge in [-0.15, -0.1) is 13.2 Å². The highest BCUT2D eigenvalue weighted by Crippen LogP contribution is 2.34. The number of alkyl halides is 3. The maximum atomic E-state index is 13.4.